The first-order valence-electron chi connectivity index (χ1n) is 13.4. The molecule has 10 heteroatoms. The van der Waals surface area contributed by atoms with Crippen LogP contribution in [0.2, 0.25) is 0 Å². The number of hydrogen-bond donors (Lipinski definition) is 1. The number of nitrogens with one attached hydrogen (secondary N) is 1. The predicted octanol–water partition coefficient (Wildman–Crippen LogP) is 8.14. The Kier molecular flexibility index (Phi) is 8.72. The van der Waals surface area contributed by atoms with Gasteiger partial charge in [0.05, 0.1) is 16.2 Å². The first-order valence-corrected chi connectivity index (χ1v) is 15.8. The molecule has 1 amide bonds. The zero-order valence-electron chi connectivity index (χ0n) is 23.5. The summed E-state index contributed by atoms with van der Waals surface area (Å²) in [5.74, 6) is 5.18. The standard InChI is InChI=1S/C34H25F3N2O3S2/c1-22(2)25-16-18-30(19-17-25)44(41,42)39-32(40)27-14-12-26(13-15-27)31-21-43-33(38-31)28-10-8-23(9-11-28)6-7-24-4-3-5-29(20-24)34(35,36)37/h3-5,8-22H,1-2H3,(H,39,40). The van der Waals surface area contributed by atoms with Gasteiger partial charge in [-0.3, -0.25) is 4.79 Å². The molecule has 0 radical (unpaired) electrons. The van der Waals surface area contributed by atoms with Crippen LogP contribution in [0.1, 0.15) is 52.4 Å². The number of nitrogens with zero attached hydrogens (tertiary/aromatic N) is 1. The lowest BCUT2D eigenvalue weighted by Crippen LogP contribution is -2.30. The van der Waals surface area contributed by atoms with Gasteiger partial charge in [0, 0.05) is 33.2 Å². The van der Waals surface area contributed by atoms with Crippen molar-refractivity contribution in [3.63, 3.8) is 0 Å². The van der Waals surface area contributed by atoms with Crippen molar-refractivity contribution in [1.82, 2.24) is 9.71 Å². The van der Waals surface area contributed by atoms with Gasteiger partial charge < -0.3 is 0 Å². The summed E-state index contributed by atoms with van der Waals surface area (Å²) < 4.78 is 66.4. The molecule has 1 N–H and O–H groups in total. The Balaban J connectivity index is 1.24. The Morgan fingerprint density at radius 2 is 1.48 bits per heavy atom. The van der Waals surface area contributed by atoms with Crippen molar-refractivity contribution >= 4 is 27.3 Å². The van der Waals surface area contributed by atoms with Gasteiger partial charge in [-0.2, -0.15) is 13.2 Å². The van der Waals surface area contributed by atoms with Gasteiger partial charge in [-0.15, -0.1) is 11.3 Å². The highest BCUT2D eigenvalue weighted by atomic mass is 32.2. The summed E-state index contributed by atoms with van der Waals surface area (Å²) in [4.78, 5) is 17.4. The number of alkyl halides is 3. The molecule has 0 atom stereocenters. The lowest BCUT2D eigenvalue weighted by molar-refractivity contribution is -0.137. The highest BCUT2D eigenvalue weighted by molar-refractivity contribution is 7.90. The highest BCUT2D eigenvalue weighted by Gasteiger charge is 2.30. The molecular weight excluding hydrogens is 606 g/mol. The van der Waals surface area contributed by atoms with E-state index in [1.54, 1.807) is 48.5 Å². The quantitative estimate of drug-likeness (QED) is 0.192. The molecule has 5 rings (SSSR count). The number of hydrogen-bond acceptors (Lipinski definition) is 5. The van der Waals surface area contributed by atoms with Crippen LogP contribution < -0.4 is 4.72 Å². The van der Waals surface area contributed by atoms with Crippen LogP contribution in [0.4, 0.5) is 13.2 Å². The number of sulfonamides is 1. The second-order valence-corrected chi connectivity index (χ2v) is 12.7. The van der Waals surface area contributed by atoms with Crippen molar-refractivity contribution in [2.45, 2.75) is 30.8 Å². The van der Waals surface area contributed by atoms with E-state index in [-0.39, 0.29) is 21.9 Å². The maximum absolute atomic E-state index is 12.9. The number of carbonyl (C=O) groups excluding carboxylic acids is 1. The second kappa shape index (κ2) is 12.5. The van der Waals surface area contributed by atoms with E-state index in [1.807, 2.05) is 31.4 Å². The summed E-state index contributed by atoms with van der Waals surface area (Å²) in [5.41, 5.74) is 3.63. The average Bonchev–Trinajstić information content (AvgIpc) is 3.50. The Hall–Kier alpha value is -4.72. The molecule has 0 spiro atoms. The zero-order valence-corrected chi connectivity index (χ0v) is 25.1. The summed E-state index contributed by atoms with van der Waals surface area (Å²) in [5, 5.41) is 2.62. The first-order chi connectivity index (χ1) is 20.9. The third kappa shape index (κ3) is 7.25. The minimum atomic E-state index is -4.42. The highest BCUT2D eigenvalue weighted by Crippen LogP contribution is 2.30. The molecule has 1 heterocycles. The fourth-order valence-electron chi connectivity index (χ4n) is 4.22. The van der Waals surface area contributed by atoms with Crippen LogP contribution in [0.3, 0.4) is 0 Å². The van der Waals surface area contributed by atoms with Crippen molar-refractivity contribution in [2.24, 2.45) is 0 Å². The smallest absolute Gasteiger partial charge is 0.268 e. The molecule has 0 aliphatic heterocycles. The van der Waals surface area contributed by atoms with Crippen LogP contribution in [-0.2, 0) is 16.2 Å². The second-order valence-electron chi connectivity index (χ2n) is 10.2. The number of thiazole rings is 1. The average molecular weight is 631 g/mol. The van der Waals surface area contributed by atoms with Crippen molar-refractivity contribution in [3.8, 4) is 33.7 Å². The van der Waals surface area contributed by atoms with Crippen LogP contribution >= 0.6 is 11.3 Å². The number of aromatic nitrogens is 1. The van der Waals surface area contributed by atoms with E-state index < -0.39 is 27.7 Å². The molecule has 222 valence electrons. The SMILES string of the molecule is CC(C)c1ccc(S(=O)(=O)NC(=O)c2ccc(-c3csc(-c4ccc(C#Cc5cccc(C(F)(F)F)c5)cc4)n3)cc2)cc1. The Labute approximate surface area is 257 Å². The van der Waals surface area contributed by atoms with Crippen LogP contribution in [0.15, 0.2) is 107 Å². The third-order valence-electron chi connectivity index (χ3n) is 6.70. The minimum Gasteiger partial charge on any atom is -0.268 e. The van der Waals surface area contributed by atoms with E-state index in [1.165, 1.54) is 35.6 Å². The monoisotopic (exact) mass is 630 g/mol. The largest absolute Gasteiger partial charge is 0.416 e. The number of rotatable bonds is 6. The van der Waals surface area contributed by atoms with E-state index in [9.17, 15) is 26.4 Å². The minimum absolute atomic E-state index is 0.0117. The topological polar surface area (TPSA) is 76.1 Å². The van der Waals surface area contributed by atoms with Crippen LogP contribution in [0.25, 0.3) is 21.8 Å². The summed E-state index contributed by atoms with van der Waals surface area (Å²) in [6.45, 7) is 4.01. The van der Waals surface area contributed by atoms with Gasteiger partial charge in [-0.25, -0.2) is 18.1 Å². The van der Waals surface area contributed by atoms with Gasteiger partial charge in [0.2, 0.25) is 0 Å². The molecule has 0 saturated heterocycles. The fourth-order valence-corrected chi connectivity index (χ4v) is 6.03. The maximum Gasteiger partial charge on any atom is 0.416 e. The number of carbonyl (C=O) groups is 1. The zero-order chi connectivity index (χ0) is 31.5. The van der Waals surface area contributed by atoms with Crippen LogP contribution in [-0.4, -0.2) is 19.3 Å². The lowest BCUT2D eigenvalue weighted by Gasteiger charge is -2.09. The Bertz CT molecular complexity index is 1970. The van der Waals surface area contributed by atoms with Crippen molar-refractivity contribution in [2.75, 3.05) is 0 Å². The Morgan fingerprint density at radius 1 is 0.841 bits per heavy atom. The van der Waals surface area contributed by atoms with Gasteiger partial charge in [0.25, 0.3) is 15.9 Å². The normalized spacial score (nSPS) is 11.6. The maximum atomic E-state index is 12.9. The predicted molar refractivity (Wildman–Crippen MR) is 166 cm³/mol. The summed E-state index contributed by atoms with van der Waals surface area (Å²) >= 11 is 1.42. The van der Waals surface area contributed by atoms with Crippen molar-refractivity contribution < 1.29 is 26.4 Å². The molecule has 44 heavy (non-hydrogen) atoms. The molecule has 5 nitrogen and oxygen atoms in total. The van der Waals surface area contributed by atoms with Crippen molar-refractivity contribution in [1.29, 1.82) is 0 Å². The molecule has 0 bridgehead atoms. The molecule has 5 aromatic rings. The summed E-state index contributed by atoms with van der Waals surface area (Å²) in [6.07, 6.45) is -4.42. The van der Waals surface area contributed by atoms with Gasteiger partial charge in [0.1, 0.15) is 5.01 Å². The number of benzene rings is 4. The van der Waals surface area contributed by atoms with E-state index in [4.69, 9.17) is 0 Å². The van der Waals surface area contributed by atoms with E-state index in [0.29, 0.717) is 11.3 Å². The summed E-state index contributed by atoms with van der Waals surface area (Å²) in [7, 11) is -4.03. The summed E-state index contributed by atoms with van der Waals surface area (Å²) in [6, 6.07) is 25.0. The molecule has 4 aromatic carbocycles. The van der Waals surface area contributed by atoms with Gasteiger partial charge in [-0.1, -0.05) is 68.2 Å². The molecular formula is C34H25F3N2O3S2. The van der Waals surface area contributed by atoms with E-state index >= 15 is 0 Å². The van der Waals surface area contributed by atoms with Gasteiger partial charge in [-0.05, 0) is 66.1 Å². The van der Waals surface area contributed by atoms with Crippen LogP contribution in [0, 0.1) is 11.8 Å². The van der Waals surface area contributed by atoms with E-state index in [0.717, 1.165) is 33.8 Å². The van der Waals surface area contributed by atoms with E-state index in [2.05, 4.69) is 21.5 Å². The van der Waals surface area contributed by atoms with Crippen molar-refractivity contribution in [3.05, 3.63) is 130 Å². The van der Waals surface area contributed by atoms with Gasteiger partial charge >= 0.3 is 6.18 Å². The number of halogens is 3. The molecule has 0 aliphatic rings. The third-order valence-corrected chi connectivity index (χ3v) is 8.94. The van der Waals surface area contributed by atoms with Gasteiger partial charge in [0.15, 0.2) is 0 Å². The molecule has 1 aromatic heterocycles. The molecule has 0 unspecified atom stereocenters. The molecule has 0 aliphatic carbocycles. The Morgan fingerprint density at radius 3 is 2.11 bits per heavy atom. The molecule has 0 saturated carbocycles. The number of amides is 1. The van der Waals surface area contributed by atoms with Crippen LogP contribution in [0.5, 0.6) is 0 Å². The first kappa shape index (κ1) is 30.7. The fraction of sp³-hybridized carbons (Fsp3) is 0.118. The molecule has 0 fully saturated rings. The lowest BCUT2D eigenvalue weighted by atomic mass is 10.0.